The molecule has 0 spiro atoms. The van der Waals surface area contributed by atoms with Crippen molar-refractivity contribution in [2.45, 2.75) is 19.4 Å². The van der Waals surface area contributed by atoms with Gasteiger partial charge in [-0.2, -0.15) is 0 Å². The summed E-state index contributed by atoms with van der Waals surface area (Å²) in [7, 11) is 1.52. The molecular weight excluding hydrogens is 230 g/mol. The van der Waals surface area contributed by atoms with E-state index in [-0.39, 0.29) is 6.42 Å². The van der Waals surface area contributed by atoms with E-state index in [0.29, 0.717) is 16.3 Å². The second-order valence-electron chi connectivity index (χ2n) is 3.54. The van der Waals surface area contributed by atoms with E-state index in [4.69, 9.17) is 27.2 Å². The van der Waals surface area contributed by atoms with Gasteiger partial charge in [-0.3, -0.25) is 4.79 Å². The van der Waals surface area contributed by atoms with Crippen molar-refractivity contribution >= 4 is 17.6 Å². The molecule has 88 valence electrons. The van der Waals surface area contributed by atoms with Crippen LogP contribution in [0.15, 0.2) is 12.1 Å². The van der Waals surface area contributed by atoms with Gasteiger partial charge in [-0.25, -0.2) is 0 Å². The number of aliphatic carboxylic acids is 1. The first-order chi connectivity index (χ1) is 7.47. The number of carboxylic acids is 1. The molecule has 0 aromatic heterocycles. The highest BCUT2D eigenvalue weighted by Crippen LogP contribution is 2.32. The third-order valence-electron chi connectivity index (χ3n) is 2.34. The molecule has 0 bridgehead atoms. The molecule has 3 N–H and O–H groups in total. The number of methoxy groups -OCH3 is 1. The Kier molecular flexibility index (Phi) is 4.15. The third kappa shape index (κ3) is 2.65. The average molecular weight is 244 g/mol. The zero-order valence-corrected chi connectivity index (χ0v) is 9.91. The normalized spacial score (nSPS) is 12.2. The molecule has 1 aromatic rings. The van der Waals surface area contributed by atoms with E-state index >= 15 is 0 Å². The smallest absolute Gasteiger partial charge is 0.320 e. The molecule has 0 fully saturated rings. The largest absolute Gasteiger partial charge is 0.495 e. The second-order valence-corrected chi connectivity index (χ2v) is 3.92. The van der Waals surface area contributed by atoms with Crippen LogP contribution in [0.3, 0.4) is 0 Å². The Hall–Kier alpha value is -1.26. The Bertz CT molecular complexity index is 406. The lowest BCUT2D eigenvalue weighted by Gasteiger charge is -2.13. The van der Waals surface area contributed by atoms with Gasteiger partial charge in [-0.05, 0) is 24.5 Å². The van der Waals surface area contributed by atoms with Gasteiger partial charge in [0.25, 0.3) is 0 Å². The minimum absolute atomic E-state index is 0.185. The molecule has 4 nitrogen and oxygen atoms in total. The van der Waals surface area contributed by atoms with Crippen molar-refractivity contribution in [3.63, 3.8) is 0 Å². The van der Waals surface area contributed by atoms with E-state index in [2.05, 4.69) is 0 Å². The quantitative estimate of drug-likeness (QED) is 0.843. The summed E-state index contributed by atoms with van der Waals surface area (Å²) in [6.07, 6.45) is 0.185. The van der Waals surface area contributed by atoms with Crippen molar-refractivity contribution < 1.29 is 14.6 Å². The van der Waals surface area contributed by atoms with Gasteiger partial charge in [0.2, 0.25) is 0 Å². The third-order valence-corrected chi connectivity index (χ3v) is 2.75. The van der Waals surface area contributed by atoms with Gasteiger partial charge in [0, 0.05) is 0 Å². The van der Waals surface area contributed by atoms with Gasteiger partial charge in [-0.1, -0.05) is 23.7 Å². The molecular formula is C11H14ClNO3. The maximum Gasteiger partial charge on any atom is 0.320 e. The van der Waals surface area contributed by atoms with Crippen molar-refractivity contribution in [1.29, 1.82) is 0 Å². The molecule has 0 radical (unpaired) electrons. The number of benzene rings is 1. The summed E-state index contributed by atoms with van der Waals surface area (Å²) in [6, 6.07) is 2.64. The summed E-state index contributed by atoms with van der Waals surface area (Å²) in [5.41, 5.74) is 7.03. The number of nitrogens with two attached hydrogens (primary N) is 1. The number of halogens is 1. The second kappa shape index (κ2) is 5.18. The average Bonchev–Trinajstić information content (AvgIpc) is 2.22. The molecule has 0 saturated carbocycles. The van der Waals surface area contributed by atoms with E-state index in [1.54, 1.807) is 6.07 Å². The number of ether oxygens (including phenoxy) is 1. The van der Waals surface area contributed by atoms with Crippen LogP contribution in [0.5, 0.6) is 5.75 Å². The lowest BCUT2D eigenvalue weighted by molar-refractivity contribution is -0.138. The first-order valence-electron chi connectivity index (χ1n) is 4.77. The van der Waals surface area contributed by atoms with E-state index in [1.165, 1.54) is 7.11 Å². The van der Waals surface area contributed by atoms with Crippen molar-refractivity contribution in [1.82, 2.24) is 0 Å². The fourth-order valence-electron chi connectivity index (χ4n) is 1.43. The SMILES string of the molecule is COc1c(C)ccc(CC(N)C(=O)O)c1Cl. The van der Waals surface area contributed by atoms with Gasteiger partial charge in [0.05, 0.1) is 12.1 Å². The van der Waals surface area contributed by atoms with E-state index in [0.717, 1.165) is 5.56 Å². The lowest BCUT2D eigenvalue weighted by atomic mass is 10.0. The van der Waals surface area contributed by atoms with Crippen LogP contribution >= 0.6 is 11.6 Å². The van der Waals surface area contributed by atoms with Gasteiger partial charge in [-0.15, -0.1) is 0 Å². The molecule has 5 heteroatoms. The van der Waals surface area contributed by atoms with Crippen LogP contribution in [0.25, 0.3) is 0 Å². The van der Waals surface area contributed by atoms with Gasteiger partial charge < -0.3 is 15.6 Å². The van der Waals surface area contributed by atoms with Crippen LogP contribution in [-0.4, -0.2) is 24.2 Å². The van der Waals surface area contributed by atoms with E-state index < -0.39 is 12.0 Å². The number of hydrogen-bond acceptors (Lipinski definition) is 3. The van der Waals surface area contributed by atoms with Crippen LogP contribution in [0.2, 0.25) is 5.02 Å². The lowest BCUT2D eigenvalue weighted by Crippen LogP contribution is -2.32. The summed E-state index contributed by atoms with van der Waals surface area (Å²) in [5, 5.41) is 9.15. The van der Waals surface area contributed by atoms with Gasteiger partial charge >= 0.3 is 5.97 Å². The number of rotatable bonds is 4. The molecule has 0 aliphatic rings. The van der Waals surface area contributed by atoms with Gasteiger partial charge in [0.15, 0.2) is 0 Å². The molecule has 1 atom stereocenters. The van der Waals surface area contributed by atoms with Crippen LogP contribution in [0, 0.1) is 6.92 Å². The predicted octanol–water partition coefficient (Wildman–Crippen LogP) is 1.61. The number of carboxylic acid groups (broad SMARTS) is 1. The van der Waals surface area contributed by atoms with Crippen LogP contribution in [-0.2, 0) is 11.2 Å². The van der Waals surface area contributed by atoms with Crippen LogP contribution in [0.1, 0.15) is 11.1 Å². The topological polar surface area (TPSA) is 72.5 Å². The summed E-state index contributed by atoms with van der Waals surface area (Å²) < 4.78 is 5.14. The van der Waals surface area contributed by atoms with Crippen molar-refractivity contribution in [2.24, 2.45) is 5.73 Å². The zero-order valence-electron chi connectivity index (χ0n) is 9.16. The zero-order chi connectivity index (χ0) is 12.3. The maximum atomic E-state index is 10.6. The minimum atomic E-state index is -1.05. The van der Waals surface area contributed by atoms with E-state index in [9.17, 15) is 4.79 Å². The van der Waals surface area contributed by atoms with Crippen molar-refractivity contribution in [3.8, 4) is 5.75 Å². The highest BCUT2D eigenvalue weighted by molar-refractivity contribution is 6.33. The summed E-state index contributed by atoms with van der Waals surface area (Å²) in [5.74, 6) is -0.479. The highest BCUT2D eigenvalue weighted by atomic mass is 35.5. The molecule has 0 aliphatic heterocycles. The summed E-state index contributed by atoms with van der Waals surface area (Å²) >= 11 is 6.09. The Morgan fingerprint density at radius 2 is 2.25 bits per heavy atom. The molecule has 0 heterocycles. The number of carbonyl (C=O) groups is 1. The molecule has 0 aliphatic carbocycles. The number of aryl methyl sites for hydroxylation is 1. The Morgan fingerprint density at radius 3 is 2.75 bits per heavy atom. The van der Waals surface area contributed by atoms with Crippen LogP contribution in [0.4, 0.5) is 0 Å². The molecule has 0 amide bonds. The Labute approximate surface area is 99.0 Å². The fourth-order valence-corrected chi connectivity index (χ4v) is 1.79. The Balaban J connectivity index is 3.02. The molecule has 1 aromatic carbocycles. The van der Waals surface area contributed by atoms with E-state index in [1.807, 2.05) is 13.0 Å². The molecule has 16 heavy (non-hydrogen) atoms. The molecule has 1 rings (SSSR count). The molecule has 0 saturated heterocycles. The summed E-state index contributed by atoms with van der Waals surface area (Å²) in [4.78, 5) is 10.6. The number of hydrogen-bond donors (Lipinski definition) is 2. The Morgan fingerprint density at radius 1 is 1.62 bits per heavy atom. The van der Waals surface area contributed by atoms with Gasteiger partial charge in [0.1, 0.15) is 11.8 Å². The van der Waals surface area contributed by atoms with Crippen molar-refractivity contribution in [2.75, 3.05) is 7.11 Å². The summed E-state index contributed by atoms with van der Waals surface area (Å²) in [6.45, 7) is 1.87. The standard InChI is InChI=1S/C11H14ClNO3/c1-6-3-4-7(5-8(13)11(14)15)9(12)10(6)16-2/h3-4,8H,5,13H2,1-2H3,(H,14,15). The monoisotopic (exact) mass is 243 g/mol. The first-order valence-corrected chi connectivity index (χ1v) is 5.15. The maximum absolute atomic E-state index is 10.6. The highest BCUT2D eigenvalue weighted by Gasteiger charge is 2.16. The fraction of sp³-hybridized carbons (Fsp3) is 0.364. The minimum Gasteiger partial charge on any atom is -0.495 e. The van der Waals surface area contributed by atoms with Crippen LogP contribution < -0.4 is 10.5 Å². The molecule has 1 unspecified atom stereocenters. The predicted molar refractivity (Wildman–Crippen MR) is 62.1 cm³/mol. The van der Waals surface area contributed by atoms with Crippen molar-refractivity contribution in [3.05, 3.63) is 28.3 Å². The first kappa shape index (κ1) is 12.8.